The summed E-state index contributed by atoms with van der Waals surface area (Å²) in [6.07, 6.45) is 5.15. The standard InChI is InChI=1S/C31H41NO10/c1-37-28(33)9-5-3-7-19-39-26-15-11-24(12-16-26)23-30(35)41-21-22-42-31(36)32-25-13-17-27(18-14-25)40-20-8-4-6-10-29(34)38-2/h11-18H,3-10,19-23H2,1-2H3,(H,32,36). The summed E-state index contributed by atoms with van der Waals surface area (Å²) in [5.41, 5.74) is 1.31. The number of carbonyl (C=O) groups excluding carboxylic acids is 4. The van der Waals surface area contributed by atoms with Crippen molar-refractivity contribution in [3.8, 4) is 11.5 Å². The van der Waals surface area contributed by atoms with E-state index in [1.165, 1.54) is 14.2 Å². The summed E-state index contributed by atoms with van der Waals surface area (Å²) < 4.78 is 30.8. The van der Waals surface area contributed by atoms with Crippen molar-refractivity contribution < 1.29 is 47.6 Å². The van der Waals surface area contributed by atoms with Gasteiger partial charge in [0.2, 0.25) is 0 Å². The highest BCUT2D eigenvalue weighted by Gasteiger charge is 2.08. The number of unbranched alkanes of at least 4 members (excludes halogenated alkanes) is 4. The summed E-state index contributed by atoms with van der Waals surface area (Å²) in [4.78, 5) is 46.3. The Kier molecular flexibility index (Phi) is 16.6. The van der Waals surface area contributed by atoms with Crippen LogP contribution in [0.15, 0.2) is 48.5 Å². The number of hydrogen-bond donors (Lipinski definition) is 1. The molecule has 2 aromatic rings. The SMILES string of the molecule is COC(=O)CCCCCOc1ccc(CC(=O)OCCOC(=O)Nc2ccc(OCCCCCC(=O)OC)cc2)cc1. The summed E-state index contributed by atoms with van der Waals surface area (Å²) in [6, 6.07) is 14.0. The Hall–Kier alpha value is -4.28. The second-order valence-corrected chi connectivity index (χ2v) is 9.30. The van der Waals surface area contributed by atoms with Crippen molar-refractivity contribution in [2.24, 2.45) is 0 Å². The number of rotatable bonds is 20. The number of methoxy groups -OCH3 is 2. The molecule has 42 heavy (non-hydrogen) atoms. The normalized spacial score (nSPS) is 10.3. The first-order chi connectivity index (χ1) is 20.4. The first kappa shape index (κ1) is 33.9. The molecular formula is C31H41NO10. The summed E-state index contributed by atoms with van der Waals surface area (Å²) in [7, 11) is 2.76. The molecule has 230 valence electrons. The Morgan fingerprint density at radius 1 is 0.571 bits per heavy atom. The molecule has 0 saturated heterocycles. The zero-order chi connectivity index (χ0) is 30.4. The van der Waals surface area contributed by atoms with Crippen molar-refractivity contribution >= 4 is 29.7 Å². The van der Waals surface area contributed by atoms with Gasteiger partial charge in [0, 0.05) is 18.5 Å². The van der Waals surface area contributed by atoms with Crippen LogP contribution in [0.5, 0.6) is 11.5 Å². The predicted molar refractivity (Wildman–Crippen MR) is 154 cm³/mol. The largest absolute Gasteiger partial charge is 0.494 e. The summed E-state index contributed by atoms with van der Waals surface area (Å²) in [5.74, 6) is 0.524. The lowest BCUT2D eigenvalue weighted by Crippen LogP contribution is -2.18. The molecular weight excluding hydrogens is 546 g/mol. The minimum absolute atomic E-state index is 0.0597. The molecule has 0 bridgehead atoms. The molecule has 1 amide bonds. The highest BCUT2D eigenvalue weighted by Crippen LogP contribution is 2.17. The van der Waals surface area contributed by atoms with Crippen molar-refractivity contribution in [3.05, 3.63) is 54.1 Å². The Morgan fingerprint density at radius 2 is 1.07 bits per heavy atom. The Labute approximate surface area is 246 Å². The van der Waals surface area contributed by atoms with Crippen molar-refractivity contribution in [2.45, 2.75) is 57.8 Å². The third kappa shape index (κ3) is 15.5. The Bertz CT molecular complexity index is 998. The molecule has 0 radical (unpaired) electrons. The maximum atomic E-state index is 12.1. The predicted octanol–water partition coefficient (Wildman–Crippen LogP) is 5.25. The molecule has 0 aliphatic carbocycles. The Balaban J connectivity index is 1.53. The van der Waals surface area contributed by atoms with E-state index in [1.54, 1.807) is 48.5 Å². The van der Waals surface area contributed by atoms with E-state index >= 15 is 0 Å². The summed E-state index contributed by atoms with van der Waals surface area (Å²) >= 11 is 0. The van der Waals surface area contributed by atoms with Gasteiger partial charge in [-0.1, -0.05) is 12.1 Å². The van der Waals surface area contributed by atoms with Crippen LogP contribution in [0.2, 0.25) is 0 Å². The van der Waals surface area contributed by atoms with Gasteiger partial charge in [0.1, 0.15) is 24.7 Å². The molecule has 11 nitrogen and oxygen atoms in total. The van der Waals surface area contributed by atoms with Crippen molar-refractivity contribution in [2.75, 3.05) is 46.0 Å². The smallest absolute Gasteiger partial charge is 0.411 e. The first-order valence-electron chi connectivity index (χ1n) is 14.1. The molecule has 0 unspecified atom stereocenters. The molecule has 0 aliphatic heterocycles. The van der Waals surface area contributed by atoms with Crippen LogP contribution in [-0.4, -0.2) is 64.6 Å². The number of anilines is 1. The van der Waals surface area contributed by atoms with E-state index in [4.69, 9.17) is 18.9 Å². The average Bonchev–Trinajstić information content (AvgIpc) is 3.00. The number of carbonyl (C=O) groups is 4. The van der Waals surface area contributed by atoms with Crippen LogP contribution in [0.4, 0.5) is 10.5 Å². The van der Waals surface area contributed by atoms with Crippen molar-refractivity contribution in [1.82, 2.24) is 0 Å². The van der Waals surface area contributed by atoms with Gasteiger partial charge in [0.25, 0.3) is 0 Å². The van der Waals surface area contributed by atoms with Gasteiger partial charge in [-0.25, -0.2) is 4.79 Å². The van der Waals surface area contributed by atoms with Crippen LogP contribution >= 0.6 is 0 Å². The second-order valence-electron chi connectivity index (χ2n) is 9.30. The zero-order valence-electron chi connectivity index (χ0n) is 24.4. The van der Waals surface area contributed by atoms with E-state index in [9.17, 15) is 19.2 Å². The highest BCUT2D eigenvalue weighted by molar-refractivity contribution is 5.84. The van der Waals surface area contributed by atoms with Crippen LogP contribution in [-0.2, 0) is 39.8 Å². The van der Waals surface area contributed by atoms with E-state index in [1.807, 2.05) is 0 Å². The zero-order valence-corrected chi connectivity index (χ0v) is 24.4. The van der Waals surface area contributed by atoms with Crippen molar-refractivity contribution in [1.29, 1.82) is 0 Å². The fourth-order valence-corrected chi connectivity index (χ4v) is 3.68. The third-order valence-corrected chi connectivity index (χ3v) is 6.00. The second kappa shape index (κ2) is 20.6. The van der Waals surface area contributed by atoms with Gasteiger partial charge in [0.05, 0.1) is 33.9 Å². The first-order valence-corrected chi connectivity index (χ1v) is 14.1. The summed E-state index contributed by atoms with van der Waals surface area (Å²) in [6.45, 7) is 0.922. The molecule has 0 aromatic heterocycles. The number of nitrogens with one attached hydrogen (secondary N) is 1. The van der Waals surface area contributed by atoms with Crippen LogP contribution in [0.25, 0.3) is 0 Å². The van der Waals surface area contributed by atoms with Gasteiger partial charge < -0.3 is 28.4 Å². The number of ether oxygens (including phenoxy) is 6. The van der Waals surface area contributed by atoms with Gasteiger partial charge in [-0.2, -0.15) is 0 Å². The molecule has 0 saturated carbocycles. The maximum absolute atomic E-state index is 12.1. The lowest BCUT2D eigenvalue weighted by Gasteiger charge is -2.10. The van der Waals surface area contributed by atoms with Crippen LogP contribution < -0.4 is 14.8 Å². The molecule has 0 fully saturated rings. The van der Waals surface area contributed by atoms with E-state index in [0.29, 0.717) is 43.2 Å². The van der Waals surface area contributed by atoms with E-state index in [0.717, 1.165) is 44.1 Å². The van der Waals surface area contributed by atoms with Gasteiger partial charge in [-0.05, 0) is 80.5 Å². The monoisotopic (exact) mass is 587 g/mol. The lowest BCUT2D eigenvalue weighted by molar-refractivity contribution is -0.144. The molecule has 0 atom stereocenters. The topological polar surface area (TPSA) is 136 Å². The molecule has 2 aromatic carbocycles. The fourth-order valence-electron chi connectivity index (χ4n) is 3.68. The molecule has 0 spiro atoms. The molecule has 0 aliphatic rings. The quantitative estimate of drug-likeness (QED) is 0.124. The number of amides is 1. The minimum Gasteiger partial charge on any atom is -0.494 e. The van der Waals surface area contributed by atoms with Crippen LogP contribution in [0.1, 0.15) is 56.9 Å². The fraction of sp³-hybridized carbons (Fsp3) is 0.484. The van der Waals surface area contributed by atoms with E-state index in [-0.39, 0.29) is 31.6 Å². The van der Waals surface area contributed by atoms with Gasteiger partial charge in [-0.3, -0.25) is 19.7 Å². The maximum Gasteiger partial charge on any atom is 0.411 e. The lowest BCUT2D eigenvalue weighted by atomic mass is 10.1. The molecule has 2 rings (SSSR count). The van der Waals surface area contributed by atoms with Crippen molar-refractivity contribution in [3.63, 3.8) is 0 Å². The van der Waals surface area contributed by atoms with E-state index in [2.05, 4.69) is 14.8 Å². The third-order valence-electron chi connectivity index (χ3n) is 6.00. The van der Waals surface area contributed by atoms with Gasteiger partial charge in [0.15, 0.2) is 0 Å². The molecule has 1 N–H and O–H groups in total. The number of esters is 3. The average molecular weight is 588 g/mol. The van der Waals surface area contributed by atoms with Crippen LogP contribution in [0.3, 0.4) is 0 Å². The number of benzene rings is 2. The van der Waals surface area contributed by atoms with E-state index < -0.39 is 12.1 Å². The minimum atomic E-state index is -0.663. The molecule has 11 heteroatoms. The Morgan fingerprint density at radius 3 is 1.60 bits per heavy atom. The highest BCUT2D eigenvalue weighted by atomic mass is 16.6. The summed E-state index contributed by atoms with van der Waals surface area (Å²) in [5, 5.41) is 2.60. The molecule has 0 heterocycles. The number of hydrogen-bond acceptors (Lipinski definition) is 10. The van der Waals surface area contributed by atoms with Gasteiger partial charge >= 0.3 is 24.0 Å². The van der Waals surface area contributed by atoms with Gasteiger partial charge in [-0.15, -0.1) is 0 Å². The van der Waals surface area contributed by atoms with Crippen LogP contribution in [0, 0.1) is 0 Å².